The van der Waals surface area contributed by atoms with Crippen LogP contribution in [0.4, 0.5) is 0 Å². The highest BCUT2D eigenvalue weighted by atomic mass is 16.5. The number of H-pyrrole nitrogens is 1. The number of aromatic nitrogens is 1. The Morgan fingerprint density at radius 3 is 2.59 bits per heavy atom. The van der Waals surface area contributed by atoms with Gasteiger partial charge in [-0.1, -0.05) is 30.3 Å². The van der Waals surface area contributed by atoms with E-state index in [4.69, 9.17) is 9.47 Å². The first-order valence-electron chi connectivity index (χ1n) is 9.44. The first-order chi connectivity index (χ1) is 14.1. The zero-order valence-electron chi connectivity index (χ0n) is 16.5. The van der Waals surface area contributed by atoms with Gasteiger partial charge in [0.25, 0.3) is 0 Å². The van der Waals surface area contributed by atoms with Gasteiger partial charge in [-0.15, -0.1) is 0 Å². The number of aliphatic hydroxyl groups excluding tert-OH is 1. The van der Waals surface area contributed by atoms with Gasteiger partial charge in [-0.2, -0.15) is 0 Å². The summed E-state index contributed by atoms with van der Waals surface area (Å²) in [6.45, 7) is 0.145. The van der Waals surface area contributed by atoms with Gasteiger partial charge in [0, 0.05) is 41.7 Å². The van der Waals surface area contributed by atoms with Gasteiger partial charge in [-0.3, -0.25) is 4.79 Å². The van der Waals surface area contributed by atoms with Gasteiger partial charge >= 0.3 is 5.97 Å². The van der Waals surface area contributed by atoms with Crippen molar-refractivity contribution in [2.75, 3.05) is 27.4 Å². The lowest BCUT2D eigenvalue weighted by molar-refractivity contribution is -0.139. The number of para-hydroxylation sites is 2. The number of hydrogen-bond acceptors (Lipinski definition) is 5. The molecule has 2 aromatic carbocycles. The highest BCUT2D eigenvalue weighted by Gasteiger charge is 2.26. The fourth-order valence-corrected chi connectivity index (χ4v) is 3.66. The molecular formula is C22H26N2O5. The van der Waals surface area contributed by atoms with Crippen LogP contribution >= 0.6 is 0 Å². The number of carbonyl (C=O) groups is 1. The van der Waals surface area contributed by atoms with Crippen LogP contribution in [0.25, 0.3) is 10.9 Å². The van der Waals surface area contributed by atoms with Gasteiger partial charge in [0.2, 0.25) is 0 Å². The number of aliphatic hydroxyl groups is 1. The Morgan fingerprint density at radius 2 is 1.90 bits per heavy atom. The Labute approximate surface area is 169 Å². The minimum absolute atomic E-state index is 0.130. The number of benzene rings is 2. The van der Waals surface area contributed by atoms with Crippen LogP contribution in [0.15, 0.2) is 48.7 Å². The monoisotopic (exact) mass is 398 g/mol. The van der Waals surface area contributed by atoms with E-state index in [1.54, 1.807) is 14.2 Å². The molecule has 0 aliphatic heterocycles. The summed E-state index contributed by atoms with van der Waals surface area (Å²) < 4.78 is 11.1. The molecule has 0 fully saturated rings. The van der Waals surface area contributed by atoms with Crippen LogP contribution in [-0.2, 0) is 4.79 Å². The number of carboxylic acid groups (broad SMARTS) is 1. The zero-order chi connectivity index (χ0) is 20.8. The smallest absolute Gasteiger partial charge is 0.320 e. The van der Waals surface area contributed by atoms with E-state index in [2.05, 4.69) is 10.3 Å². The van der Waals surface area contributed by atoms with Gasteiger partial charge in [0.15, 0.2) is 11.5 Å². The molecule has 154 valence electrons. The second-order valence-corrected chi connectivity index (χ2v) is 6.74. The van der Waals surface area contributed by atoms with Crippen LogP contribution in [0.2, 0.25) is 0 Å². The molecule has 0 aliphatic carbocycles. The standard InChI is InChI=1S/C22H26N2O5/c1-28-20-9-5-7-15(21(20)29-2)17(13-24-19(10-11-25)22(26)27)16-12-23-18-8-4-3-6-14(16)18/h3-9,12,17,19,23-25H,10-11,13H2,1-2H3,(H,26,27)/t17-,19+/m0/s1. The molecular weight excluding hydrogens is 372 g/mol. The number of nitrogens with one attached hydrogen (secondary N) is 2. The Morgan fingerprint density at radius 1 is 1.10 bits per heavy atom. The van der Waals surface area contributed by atoms with Crippen molar-refractivity contribution in [2.24, 2.45) is 0 Å². The zero-order valence-corrected chi connectivity index (χ0v) is 16.5. The van der Waals surface area contributed by atoms with Gasteiger partial charge in [0.05, 0.1) is 14.2 Å². The molecule has 0 amide bonds. The molecule has 3 rings (SSSR count). The third kappa shape index (κ3) is 4.36. The van der Waals surface area contributed by atoms with Crippen LogP contribution in [0.1, 0.15) is 23.5 Å². The predicted octanol–water partition coefficient (Wildman–Crippen LogP) is 2.74. The Kier molecular flexibility index (Phi) is 6.74. The fraction of sp³-hybridized carbons (Fsp3) is 0.318. The number of methoxy groups -OCH3 is 2. The summed E-state index contributed by atoms with van der Waals surface area (Å²) >= 11 is 0. The van der Waals surface area contributed by atoms with Gasteiger partial charge in [0.1, 0.15) is 6.04 Å². The number of hydrogen-bond donors (Lipinski definition) is 4. The predicted molar refractivity (Wildman–Crippen MR) is 111 cm³/mol. The van der Waals surface area contributed by atoms with Crippen molar-refractivity contribution in [3.8, 4) is 11.5 Å². The number of aliphatic carboxylic acids is 1. The first-order valence-corrected chi connectivity index (χ1v) is 9.44. The fourth-order valence-electron chi connectivity index (χ4n) is 3.66. The molecule has 0 aliphatic rings. The second-order valence-electron chi connectivity index (χ2n) is 6.74. The third-order valence-electron chi connectivity index (χ3n) is 5.09. The van der Waals surface area contributed by atoms with Gasteiger partial charge in [-0.05, 0) is 24.1 Å². The van der Waals surface area contributed by atoms with Gasteiger partial charge < -0.3 is 30.0 Å². The largest absolute Gasteiger partial charge is 0.493 e. The topological polar surface area (TPSA) is 104 Å². The van der Waals surface area contributed by atoms with E-state index in [1.807, 2.05) is 48.7 Å². The van der Waals surface area contributed by atoms with Crippen LogP contribution in [0.5, 0.6) is 11.5 Å². The Hall–Kier alpha value is -3.03. The SMILES string of the molecule is COc1cccc([C@H](CN[C@H](CCO)C(=O)O)c2c[nH]c3ccccc23)c1OC. The lowest BCUT2D eigenvalue weighted by Gasteiger charge is -2.23. The highest BCUT2D eigenvalue weighted by molar-refractivity contribution is 5.84. The quantitative estimate of drug-likeness (QED) is 0.419. The molecule has 0 saturated heterocycles. The van der Waals surface area contributed by atoms with E-state index in [0.717, 1.165) is 22.0 Å². The van der Waals surface area contributed by atoms with Crippen molar-refractivity contribution in [2.45, 2.75) is 18.4 Å². The van der Waals surface area contributed by atoms with Crippen molar-refractivity contribution < 1.29 is 24.5 Å². The van der Waals surface area contributed by atoms with E-state index < -0.39 is 12.0 Å². The van der Waals surface area contributed by atoms with Crippen molar-refractivity contribution >= 4 is 16.9 Å². The molecule has 4 N–H and O–H groups in total. The van der Waals surface area contributed by atoms with Crippen LogP contribution in [0, 0.1) is 0 Å². The molecule has 7 nitrogen and oxygen atoms in total. The second kappa shape index (κ2) is 9.45. The summed E-state index contributed by atoms with van der Waals surface area (Å²) in [7, 11) is 3.18. The summed E-state index contributed by atoms with van der Waals surface area (Å²) in [6, 6.07) is 12.8. The Balaban J connectivity index is 2.06. The van der Waals surface area contributed by atoms with Crippen molar-refractivity contribution in [1.29, 1.82) is 0 Å². The molecule has 7 heteroatoms. The molecule has 2 atom stereocenters. The molecule has 0 unspecified atom stereocenters. The summed E-state index contributed by atoms with van der Waals surface area (Å²) in [6.07, 6.45) is 2.07. The van der Waals surface area contributed by atoms with Crippen molar-refractivity contribution in [3.05, 3.63) is 59.8 Å². The molecule has 0 spiro atoms. The maximum Gasteiger partial charge on any atom is 0.320 e. The maximum absolute atomic E-state index is 11.5. The molecule has 0 bridgehead atoms. The summed E-state index contributed by atoms with van der Waals surface area (Å²) in [4.78, 5) is 14.8. The van der Waals surface area contributed by atoms with E-state index in [-0.39, 0.29) is 18.9 Å². The molecule has 0 saturated carbocycles. The highest BCUT2D eigenvalue weighted by Crippen LogP contribution is 2.40. The van der Waals surface area contributed by atoms with E-state index in [1.165, 1.54) is 0 Å². The first kappa shape index (κ1) is 20.7. The number of aromatic amines is 1. The van der Waals surface area contributed by atoms with Crippen molar-refractivity contribution in [1.82, 2.24) is 10.3 Å². The summed E-state index contributed by atoms with van der Waals surface area (Å²) in [5.74, 6) is 0.0344. The van der Waals surface area contributed by atoms with E-state index in [0.29, 0.717) is 18.0 Å². The molecule has 3 aromatic rings. The summed E-state index contributed by atoms with van der Waals surface area (Å²) in [5.41, 5.74) is 2.91. The molecule has 1 aromatic heterocycles. The molecule has 29 heavy (non-hydrogen) atoms. The minimum Gasteiger partial charge on any atom is -0.493 e. The van der Waals surface area contributed by atoms with E-state index >= 15 is 0 Å². The normalized spacial score (nSPS) is 13.2. The van der Waals surface area contributed by atoms with Crippen LogP contribution in [0.3, 0.4) is 0 Å². The number of fused-ring (bicyclic) bond motifs is 1. The maximum atomic E-state index is 11.5. The number of rotatable bonds is 10. The molecule has 1 heterocycles. The average Bonchev–Trinajstić information content (AvgIpc) is 3.16. The molecule has 0 radical (unpaired) electrons. The van der Waals surface area contributed by atoms with E-state index in [9.17, 15) is 15.0 Å². The Bertz CT molecular complexity index is 969. The lowest BCUT2D eigenvalue weighted by atomic mass is 9.89. The van der Waals surface area contributed by atoms with Crippen LogP contribution < -0.4 is 14.8 Å². The lowest BCUT2D eigenvalue weighted by Crippen LogP contribution is -2.39. The third-order valence-corrected chi connectivity index (χ3v) is 5.09. The average molecular weight is 398 g/mol. The van der Waals surface area contributed by atoms with Crippen molar-refractivity contribution in [3.63, 3.8) is 0 Å². The minimum atomic E-state index is -0.991. The van der Waals surface area contributed by atoms with Crippen LogP contribution in [-0.4, -0.2) is 54.6 Å². The van der Waals surface area contributed by atoms with Gasteiger partial charge in [-0.25, -0.2) is 0 Å². The summed E-state index contributed by atoms with van der Waals surface area (Å²) in [5, 5.41) is 22.8. The number of ether oxygens (including phenoxy) is 2. The number of carboxylic acids is 1.